The molecule has 2 aromatic heterocycles. The molecule has 11 rings (SSSR count). The molecule has 1 saturated carbocycles. The second-order valence-corrected chi connectivity index (χ2v) is 14.4. The molecule has 7 aromatic carbocycles. The molecule has 2 heteroatoms. The zero-order chi connectivity index (χ0) is 32.8. The molecule has 2 aliphatic rings. The molecule has 0 saturated heterocycles. The van der Waals surface area contributed by atoms with Crippen LogP contribution in [0.5, 0.6) is 0 Å². The quantitative estimate of drug-likeness (QED) is 0.188. The van der Waals surface area contributed by atoms with Crippen molar-refractivity contribution in [3.8, 4) is 39.1 Å². The second kappa shape index (κ2) is 10.6. The van der Waals surface area contributed by atoms with Gasteiger partial charge in [-0.05, 0) is 106 Å². The fraction of sp³-hybridized carbons (Fsp3) is 0.125. The number of furan rings is 1. The molecule has 0 radical (unpaired) electrons. The molecule has 1 spiro atoms. The van der Waals surface area contributed by atoms with Crippen LogP contribution in [0, 0.1) is 0 Å². The zero-order valence-corrected chi connectivity index (χ0v) is 27.8. The van der Waals surface area contributed by atoms with Gasteiger partial charge in [0.15, 0.2) is 0 Å². The largest absolute Gasteiger partial charge is 0.456 e. The predicted molar refractivity (Wildman–Crippen MR) is 208 cm³/mol. The summed E-state index contributed by atoms with van der Waals surface area (Å²) in [7, 11) is 0. The summed E-state index contributed by atoms with van der Waals surface area (Å²) < 4.78 is 9.11. The van der Waals surface area contributed by atoms with Crippen molar-refractivity contribution in [3.05, 3.63) is 163 Å². The van der Waals surface area contributed by atoms with Crippen LogP contribution in [-0.2, 0) is 5.41 Å². The maximum Gasteiger partial charge on any atom is 0.136 e. The van der Waals surface area contributed by atoms with Crippen molar-refractivity contribution < 1.29 is 4.42 Å². The summed E-state index contributed by atoms with van der Waals surface area (Å²) in [5.74, 6) is 0. The molecule has 0 amide bonds. The van der Waals surface area contributed by atoms with E-state index in [-0.39, 0.29) is 5.41 Å². The van der Waals surface area contributed by atoms with E-state index >= 15 is 0 Å². The Kier molecular flexibility index (Phi) is 5.92. The van der Waals surface area contributed by atoms with Gasteiger partial charge in [-0.25, -0.2) is 0 Å². The minimum absolute atomic E-state index is 0.137. The Morgan fingerprint density at radius 3 is 1.94 bits per heavy atom. The van der Waals surface area contributed by atoms with Crippen LogP contribution < -0.4 is 0 Å². The molecule has 50 heavy (non-hydrogen) atoms. The van der Waals surface area contributed by atoms with Gasteiger partial charge < -0.3 is 8.98 Å². The van der Waals surface area contributed by atoms with Gasteiger partial charge >= 0.3 is 0 Å². The smallest absolute Gasteiger partial charge is 0.136 e. The fourth-order valence-electron chi connectivity index (χ4n) is 9.46. The third-order valence-corrected chi connectivity index (χ3v) is 11.8. The lowest BCUT2D eigenvalue weighted by Crippen LogP contribution is -2.27. The van der Waals surface area contributed by atoms with Gasteiger partial charge in [0.25, 0.3) is 0 Å². The highest BCUT2D eigenvalue weighted by Gasteiger charge is 2.44. The van der Waals surface area contributed by atoms with Crippen LogP contribution in [-0.4, -0.2) is 4.57 Å². The summed E-state index contributed by atoms with van der Waals surface area (Å²) in [5, 5.41) is 4.95. The van der Waals surface area contributed by atoms with Crippen molar-refractivity contribution in [1.82, 2.24) is 4.57 Å². The molecule has 2 heterocycles. The van der Waals surface area contributed by atoms with Crippen molar-refractivity contribution in [1.29, 1.82) is 0 Å². The van der Waals surface area contributed by atoms with Crippen molar-refractivity contribution >= 4 is 43.7 Å². The SMILES string of the molecule is c1ccc(-c2ccc(-n3c4ccccc4c4ccc(-c5ccc6c(c5)oc5cc7c(cc56)C5(CCCCC5)c5ccccc5-7)cc43)cc2)cc1. The summed E-state index contributed by atoms with van der Waals surface area (Å²) in [6.07, 6.45) is 6.40. The number of para-hydroxylation sites is 1. The third kappa shape index (κ3) is 3.96. The molecule has 1 fully saturated rings. The molecule has 2 nitrogen and oxygen atoms in total. The number of hydrogen-bond donors (Lipinski definition) is 0. The summed E-state index contributed by atoms with van der Waals surface area (Å²) in [6.45, 7) is 0. The molecular weight excluding hydrogens is 607 g/mol. The summed E-state index contributed by atoms with van der Waals surface area (Å²) >= 11 is 0. The first kappa shape index (κ1) is 28.0. The van der Waals surface area contributed by atoms with E-state index in [1.165, 1.54) is 104 Å². The Hall–Kier alpha value is -5.86. The molecule has 0 unspecified atom stereocenters. The first-order valence-electron chi connectivity index (χ1n) is 18.1. The fourth-order valence-corrected chi connectivity index (χ4v) is 9.46. The standard InChI is InChI=1S/C48H35NO/c1-3-11-31(12-4-1)32-17-21-35(22-18-32)49-44-16-8-6-14-37(44)38-23-19-33(27-45(38)49)34-20-24-39-41-29-43-40(30-47(41)50-46(39)28-34)36-13-5-7-15-42(36)48(43)25-9-2-10-26-48/h1,3-8,11-24,27-30H,2,9-10,25-26H2. The van der Waals surface area contributed by atoms with Crippen LogP contribution in [0.4, 0.5) is 0 Å². The van der Waals surface area contributed by atoms with E-state index in [4.69, 9.17) is 4.42 Å². The van der Waals surface area contributed by atoms with Crippen LogP contribution in [0.1, 0.15) is 43.2 Å². The Balaban J connectivity index is 1.04. The van der Waals surface area contributed by atoms with Crippen molar-refractivity contribution in [2.24, 2.45) is 0 Å². The van der Waals surface area contributed by atoms with Gasteiger partial charge in [-0.2, -0.15) is 0 Å². The molecule has 0 N–H and O–H groups in total. The maximum absolute atomic E-state index is 6.70. The molecule has 238 valence electrons. The Bertz CT molecular complexity index is 2770. The van der Waals surface area contributed by atoms with Gasteiger partial charge in [0, 0.05) is 32.6 Å². The molecular formula is C48H35NO. The third-order valence-electron chi connectivity index (χ3n) is 11.8. The highest BCUT2D eigenvalue weighted by Crippen LogP contribution is 2.57. The predicted octanol–water partition coefficient (Wildman–Crippen LogP) is 13.2. The van der Waals surface area contributed by atoms with Crippen LogP contribution in [0.25, 0.3) is 82.8 Å². The van der Waals surface area contributed by atoms with Gasteiger partial charge in [0.2, 0.25) is 0 Å². The van der Waals surface area contributed by atoms with E-state index in [1.54, 1.807) is 0 Å². The molecule has 0 atom stereocenters. The lowest BCUT2D eigenvalue weighted by Gasteiger charge is -2.35. The minimum atomic E-state index is 0.137. The van der Waals surface area contributed by atoms with E-state index in [0.717, 1.165) is 22.4 Å². The second-order valence-electron chi connectivity index (χ2n) is 14.4. The van der Waals surface area contributed by atoms with Crippen molar-refractivity contribution in [2.75, 3.05) is 0 Å². The lowest BCUT2D eigenvalue weighted by molar-refractivity contribution is 0.353. The summed E-state index contributed by atoms with van der Waals surface area (Å²) in [5.41, 5.74) is 16.2. The first-order chi connectivity index (χ1) is 24.7. The lowest BCUT2D eigenvalue weighted by atomic mass is 9.68. The first-order valence-corrected chi connectivity index (χ1v) is 18.1. The molecule has 2 aliphatic carbocycles. The minimum Gasteiger partial charge on any atom is -0.456 e. The van der Waals surface area contributed by atoms with Crippen LogP contribution >= 0.6 is 0 Å². The van der Waals surface area contributed by atoms with Gasteiger partial charge in [0.05, 0.1) is 11.0 Å². The maximum atomic E-state index is 6.70. The van der Waals surface area contributed by atoms with Crippen LogP contribution in [0.3, 0.4) is 0 Å². The average molecular weight is 642 g/mol. The number of benzene rings is 7. The zero-order valence-electron chi connectivity index (χ0n) is 27.8. The summed E-state index contributed by atoms with van der Waals surface area (Å²) in [4.78, 5) is 0. The monoisotopic (exact) mass is 641 g/mol. The van der Waals surface area contributed by atoms with Crippen molar-refractivity contribution in [3.63, 3.8) is 0 Å². The van der Waals surface area contributed by atoms with E-state index in [0.29, 0.717) is 0 Å². The van der Waals surface area contributed by atoms with E-state index in [9.17, 15) is 0 Å². The normalized spacial score (nSPS) is 15.0. The summed E-state index contributed by atoms with van der Waals surface area (Å²) in [6, 6.07) is 55.9. The Morgan fingerprint density at radius 2 is 1.08 bits per heavy atom. The number of fused-ring (bicyclic) bond motifs is 11. The van der Waals surface area contributed by atoms with Gasteiger partial charge in [-0.3, -0.25) is 0 Å². The molecule has 0 bridgehead atoms. The average Bonchev–Trinajstić information content (AvgIpc) is 3.80. The Morgan fingerprint density at radius 1 is 0.420 bits per heavy atom. The topological polar surface area (TPSA) is 18.1 Å². The molecule has 9 aromatic rings. The van der Waals surface area contributed by atoms with Crippen LogP contribution in [0.2, 0.25) is 0 Å². The van der Waals surface area contributed by atoms with Crippen molar-refractivity contribution in [2.45, 2.75) is 37.5 Å². The van der Waals surface area contributed by atoms with Gasteiger partial charge in [-0.15, -0.1) is 0 Å². The van der Waals surface area contributed by atoms with E-state index in [1.807, 2.05) is 0 Å². The highest BCUT2D eigenvalue weighted by atomic mass is 16.3. The van der Waals surface area contributed by atoms with E-state index < -0.39 is 0 Å². The number of aromatic nitrogens is 1. The highest BCUT2D eigenvalue weighted by molar-refractivity contribution is 6.11. The van der Waals surface area contributed by atoms with E-state index in [2.05, 4.69) is 156 Å². The molecule has 0 aliphatic heterocycles. The Labute approximate surface area is 291 Å². The van der Waals surface area contributed by atoms with Gasteiger partial charge in [0.1, 0.15) is 11.2 Å². The number of nitrogens with zero attached hydrogens (tertiary/aromatic N) is 1. The number of hydrogen-bond acceptors (Lipinski definition) is 1. The number of rotatable bonds is 3. The van der Waals surface area contributed by atoms with Crippen LogP contribution in [0.15, 0.2) is 156 Å². The van der Waals surface area contributed by atoms with Gasteiger partial charge in [-0.1, -0.05) is 122 Å².